The molecule has 11 aromatic carbocycles. The number of hydrogen-bond donors (Lipinski definition) is 0. The van der Waals surface area contributed by atoms with Gasteiger partial charge in [0, 0.05) is 33.2 Å². The molecular formula is C65H40N4. The largest absolute Gasteiger partial charge is 0.292 e. The lowest BCUT2D eigenvalue weighted by Gasteiger charge is -2.18. The summed E-state index contributed by atoms with van der Waals surface area (Å²) in [6.45, 7) is 0. The predicted molar refractivity (Wildman–Crippen MR) is 289 cm³/mol. The molecule has 0 saturated carbocycles. The summed E-state index contributed by atoms with van der Waals surface area (Å²) < 4.78 is 2.28. The Morgan fingerprint density at radius 3 is 1.49 bits per heavy atom. The number of fused-ring (bicyclic) bond motifs is 8. The van der Waals surface area contributed by atoms with Crippen LogP contribution in [0.1, 0.15) is 0 Å². The van der Waals surface area contributed by atoms with Crippen molar-refractivity contribution in [2.45, 2.75) is 0 Å². The number of nitrogens with zero attached hydrogens (tertiary/aromatic N) is 4. The molecule has 0 aliphatic rings. The number of imidazole rings is 1. The van der Waals surface area contributed by atoms with E-state index in [1.165, 1.54) is 65.3 Å². The first-order valence-corrected chi connectivity index (χ1v) is 23.5. The van der Waals surface area contributed by atoms with E-state index in [1.54, 1.807) is 0 Å². The van der Waals surface area contributed by atoms with Crippen LogP contribution >= 0.6 is 0 Å². The highest BCUT2D eigenvalue weighted by atomic mass is 15.1. The molecule has 4 nitrogen and oxygen atoms in total. The molecule has 14 aromatic rings. The molecule has 0 unspecified atom stereocenters. The van der Waals surface area contributed by atoms with Gasteiger partial charge in [0.25, 0.3) is 0 Å². The minimum atomic E-state index is 0.883. The number of aromatic nitrogens is 4. The van der Waals surface area contributed by atoms with Crippen LogP contribution in [-0.2, 0) is 0 Å². The number of para-hydroxylation sites is 2. The smallest absolute Gasteiger partial charge is 0.145 e. The molecule has 0 bridgehead atoms. The van der Waals surface area contributed by atoms with Gasteiger partial charge in [0.2, 0.25) is 0 Å². The van der Waals surface area contributed by atoms with Gasteiger partial charge < -0.3 is 0 Å². The van der Waals surface area contributed by atoms with Crippen molar-refractivity contribution in [3.05, 3.63) is 243 Å². The highest BCUT2D eigenvalue weighted by Crippen LogP contribution is 2.45. The predicted octanol–water partition coefficient (Wildman–Crippen LogP) is 17.1. The third kappa shape index (κ3) is 6.41. The van der Waals surface area contributed by atoms with Crippen LogP contribution in [0.2, 0.25) is 0 Å². The van der Waals surface area contributed by atoms with Crippen molar-refractivity contribution >= 4 is 75.9 Å². The van der Waals surface area contributed by atoms with Gasteiger partial charge in [-0.2, -0.15) is 0 Å². The average Bonchev–Trinajstić information content (AvgIpc) is 3.81. The van der Waals surface area contributed by atoms with Gasteiger partial charge in [-0.15, -0.1) is 0 Å². The van der Waals surface area contributed by atoms with Crippen molar-refractivity contribution in [3.63, 3.8) is 0 Å². The van der Waals surface area contributed by atoms with Crippen molar-refractivity contribution in [1.82, 2.24) is 19.5 Å². The Balaban J connectivity index is 0.842. The van der Waals surface area contributed by atoms with Crippen molar-refractivity contribution in [1.29, 1.82) is 0 Å². The second-order valence-corrected chi connectivity index (χ2v) is 17.9. The normalized spacial score (nSPS) is 11.8. The zero-order valence-corrected chi connectivity index (χ0v) is 37.4. The zero-order valence-electron chi connectivity index (χ0n) is 37.4. The van der Waals surface area contributed by atoms with Gasteiger partial charge >= 0.3 is 0 Å². The molecule has 4 heteroatoms. The van der Waals surface area contributed by atoms with Crippen LogP contribution in [0.25, 0.3) is 138 Å². The van der Waals surface area contributed by atoms with Crippen LogP contribution in [-0.4, -0.2) is 19.5 Å². The first kappa shape index (κ1) is 39.0. The van der Waals surface area contributed by atoms with E-state index in [-0.39, 0.29) is 0 Å². The summed E-state index contributed by atoms with van der Waals surface area (Å²) in [5.41, 5.74) is 14.7. The first-order valence-electron chi connectivity index (χ1n) is 23.5. The van der Waals surface area contributed by atoms with Crippen molar-refractivity contribution in [2.75, 3.05) is 0 Å². The highest BCUT2D eigenvalue weighted by Gasteiger charge is 2.19. The summed E-state index contributed by atoms with van der Waals surface area (Å²) in [5.74, 6) is 0.883. The molecule has 14 rings (SSSR count). The van der Waals surface area contributed by atoms with E-state index in [4.69, 9.17) is 15.0 Å². The van der Waals surface area contributed by atoms with E-state index in [2.05, 4.69) is 247 Å². The summed E-state index contributed by atoms with van der Waals surface area (Å²) in [6, 6.07) is 87.0. The van der Waals surface area contributed by atoms with Crippen LogP contribution in [0.4, 0.5) is 0 Å². The molecule has 320 valence electrons. The fraction of sp³-hybridized carbons (Fsp3) is 0. The van der Waals surface area contributed by atoms with Crippen molar-refractivity contribution in [2.24, 2.45) is 0 Å². The minimum absolute atomic E-state index is 0.883. The van der Waals surface area contributed by atoms with Crippen molar-refractivity contribution < 1.29 is 0 Å². The third-order valence-electron chi connectivity index (χ3n) is 14.0. The molecular weight excluding hydrogens is 837 g/mol. The van der Waals surface area contributed by atoms with Crippen LogP contribution < -0.4 is 0 Å². The van der Waals surface area contributed by atoms with E-state index in [9.17, 15) is 0 Å². The Morgan fingerprint density at radius 1 is 0.290 bits per heavy atom. The molecule has 3 aromatic heterocycles. The van der Waals surface area contributed by atoms with Gasteiger partial charge in [0.15, 0.2) is 0 Å². The molecule has 0 spiro atoms. The second-order valence-electron chi connectivity index (χ2n) is 17.9. The van der Waals surface area contributed by atoms with Crippen LogP contribution in [0.3, 0.4) is 0 Å². The molecule has 0 N–H and O–H groups in total. The maximum atomic E-state index is 5.29. The molecule has 69 heavy (non-hydrogen) atoms. The molecule has 0 aliphatic carbocycles. The highest BCUT2D eigenvalue weighted by molar-refractivity contribution is 6.21. The fourth-order valence-electron chi connectivity index (χ4n) is 10.7. The van der Waals surface area contributed by atoms with Crippen LogP contribution in [0, 0.1) is 0 Å². The lowest BCUT2D eigenvalue weighted by Crippen LogP contribution is -1.98. The van der Waals surface area contributed by atoms with Gasteiger partial charge in [-0.25, -0.2) is 15.0 Å². The maximum Gasteiger partial charge on any atom is 0.145 e. The van der Waals surface area contributed by atoms with Crippen LogP contribution in [0.5, 0.6) is 0 Å². The topological polar surface area (TPSA) is 43.6 Å². The van der Waals surface area contributed by atoms with Crippen molar-refractivity contribution in [3.8, 4) is 61.8 Å². The summed E-state index contributed by atoms with van der Waals surface area (Å²) in [4.78, 5) is 15.8. The Kier molecular flexibility index (Phi) is 8.86. The van der Waals surface area contributed by atoms with Crippen LogP contribution in [0.15, 0.2) is 243 Å². The first-order chi connectivity index (χ1) is 34.2. The minimum Gasteiger partial charge on any atom is -0.292 e. The van der Waals surface area contributed by atoms with Gasteiger partial charge in [-0.3, -0.25) is 4.57 Å². The van der Waals surface area contributed by atoms with E-state index in [1.807, 2.05) is 0 Å². The van der Waals surface area contributed by atoms with Gasteiger partial charge in [0.1, 0.15) is 5.82 Å². The maximum absolute atomic E-state index is 5.29. The molecule has 0 aliphatic heterocycles. The molecule has 0 radical (unpaired) electrons. The Hall–Kier alpha value is -9.25. The monoisotopic (exact) mass is 876 g/mol. The zero-order chi connectivity index (χ0) is 45.4. The number of rotatable bonds is 6. The lowest BCUT2D eigenvalue weighted by atomic mass is 9.85. The summed E-state index contributed by atoms with van der Waals surface area (Å²) >= 11 is 0. The fourth-order valence-corrected chi connectivity index (χ4v) is 10.7. The van der Waals surface area contributed by atoms with E-state index in [0.717, 1.165) is 72.4 Å². The third-order valence-corrected chi connectivity index (χ3v) is 14.0. The molecule has 0 fully saturated rings. The molecule has 0 amide bonds. The van der Waals surface area contributed by atoms with Gasteiger partial charge in [0.05, 0.1) is 33.5 Å². The Bertz CT molecular complexity index is 4290. The average molecular weight is 877 g/mol. The number of benzene rings is 11. The van der Waals surface area contributed by atoms with Gasteiger partial charge in [-0.05, 0) is 108 Å². The molecule has 0 saturated heterocycles. The molecule has 3 heterocycles. The molecule has 0 atom stereocenters. The standard InChI is InChI=1S/C65H40N4/c1-2-14-48-40-49(31-24-41(48)12-1)62-55-19-7-5-17-53(55)61(54-18-6-8-20-56(54)62)44-32-36-50(37-33-44)69-60-23-10-9-22-59(60)68-65(69)47-29-25-43(26-30-47)57-38-34-45-27-28-46-35-39-58(67-64(46)63(45)66-57)52-21-11-15-42-13-3-4-16-51(42)52/h1-40H. The van der Waals surface area contributed by atoms with E-state index < -0.39 is 0 Å². The quantitative estimate of drug-likeness (QED) is 0.123. The Morgan fingerprint density at radius 2 is 0.783 bits per heavy atom. The van der Waals surface area contributed by atoms with E-state index in [0.29, 0.717) is 0 Å². The Labute approximate surface area is 398 Å². The summed E-state index contributed by atoms with van der Waals surface area (Å²) in [5, 5.41) is 11.9. The van der Waals surface area contributed by atoms with Gasteiger partial charge in [-0.1, -0.05) is 200 Å². The summed E-state index contributed by atoms with van der Waals surface area (Å²) in [6.07, 6.45) is 0. The second kappa shape index (κ2) is 15.7. The number of hydrogen-bond acceptors (Lipinski definition) is 3. The lowest BCUT2D eigenvalue weighted by molar-refractivity contribution is 1.10. The number of pyridine rings is 2. The van der Waals surface area contributed by atoms with E-state index >= 15 is 0 Å². The summed E-state index contributed by atoms with van der Waals surface area (Å²) in [7, 11) is 0. The SMILES string of the molecule is c1ccc2cc(-c3c4ccccc4c(-c4ccc(-n5c(-c6ccc(-c7ccc8ccc9ccc(-c%10cccc%11ccccc%10%11)nc9c8n7)cc6)nc6ccccc65)cc4)c4ccccc34)ccc2c1.